The van der Waals surface area contributed by atoms with Crippen LogP contribution in [0.3, 0.4) is 0 Å². The van der Waals surface area contributed by atoms with Crippen LogP contribution in [0.1, 0.15) is 24.5 Å². The highest BCUT2D eigenvalue weighted by molar-refractivity contribution is 7.89. The van der Waals surface area contributed by atoms with Crippen molar-refractivity contribution < 1.29 is 8.42 Å². The van der Waals surface area contributed by atoms with E-state index in [9.17, 15) is 8.42 Å². The Hall–Kier alpha value is -0.980. The highest BCUT2D eigenvalue weighted by Gasteiger charge is 2.25. The van der Waals surface area contributed by atoms with Gasteiger partial charge in [-0.2, -0.15) is 4.31 Å². The number of nitrogens with two attached hydrogens (primary N) is 1. The molecular formula is C13H20N2O2S2. The molecule has 1 rings (SSSR count). The monoisotopic (exact) mass is 300 g/mol. The number of thiocarbonyl (C=S) groups is 1. The molecular weight excluding hydrogens is 280 g/mol. The molecule has 2 N–H and O–H groups in total. The zero-order valence-electron chi connectivity index (χ0n) is 11.5. The van der Waals surface area contributed by atoms with E-state index >= 15 is 0 Å². The van der Waals surface area contributed by atoms with Gasteiger partial charge in [0.2, 0.25) is 10.0 Å². The molecule has 106 valence electrons. The van der Waals surface area contributed by atoms with Crippen LogP contribution < -0.4 is 5.73 Å². The summed E-state index contributed by atoms with van der Waals surface area (Å²) in [5.41, 5.74) is 7.26. The second kappa shape index (κ2) is 6.45. The first-order valence-electron chi connectivity index (χ1n) is 6.14. The molecule has 0 aliphatic heterocycles. The number of benzene rings is 1. The SMILES string of the molecule is CCCN(CC(N)=S)S(=O)(=O)c1ccc(C)cc1C. The summed E-state index contributed by atoms with van der Waals surface area (Å²) in [5.74, 6) is 0. The fourth-order valence-corrected chi connectivity index (χ4v) is 3.89. The Morgan fingerprint density at radius 3 is 2.47 bits per heavy atom. The van der Waals surface area contributed by atoms with E-state index in [1.807, 2.05) is 19.9 Å². The van der Waals surface area contributed by atoms with E-state index in [1.165, 1.54) is 4.31 Å². The first-order valence-corrected chi connectivity index (χ1v) is 7.99. The van der Waals surface area contributed by atoms with Gasteiger partial charge in [0.05, 0.1) is 16.4 Å². The Labute approximate surface area is 120 Å². The van der Waals surface area contributed by atoms with Gasteiger partial charge in [0.25, 0.3) is 0 Å². The maximum atomic E-state index is 12.6. The Morgan fingerprint density at radius 2 is 2.00 bits per heavy atom. The van der Waals surface area contributed by atoms with Crippen LogP contribution in [0.4, 0.5) is 0 Å². The lowest BCUT2D eigenvalue weighted by atomic mass is 10.2. The molecule has 0 amide bonds. The number of aryl methyl sites for hydroxylation is 2. The molecule has 0 fully saturated rings. The Morgan fingerprint density at radius 1 is 1.37 bits per heavy atom. The van der Waals surface area contributed by atoms with Gasteiger partial charge in [0.15, 0.2) is 0 Å². The molecule has 0 aliphatic carbocycles. The van der Waals surface area contributed by atoms with E-state index in [1.54, 1.807) is 19.1 Å². The Kier molecular flexibility index (Phi) is 5.46. The molecule has 0 aliphatic rings. The Bertz CT molecular complexity index is 568. The van der Waals surface area contributed by atoms with Crippen molar-refractivity contribution in [3.05, 3.63) is 29.3 Å². The highest BCUT2D eigenvalue weighted by atomic mass is 32.2. The summed E-state index contributed by atoms with van der Waals surface area (Å²) in [7, 11) is -3.54. The van der Waals surface area contributed by atoms with Crippen molar-refractivity contribution in [1.29, 1.82) is 0 Å². The second-order valence-corrected chi connectivity index (χ2v) is 7.00. The molecule has 4 nitrogen and oxygen atoms in total. The van der Waals surface area contributed by atoms with Crippen molar-refractivity contribution in [1.82, 2.24) is 4.31 Å². The predicted octanol–water partition coefficient (Wildman–Crippen LogP) is 1.99. The predicted molar refractivity (Wildman–Crippen MR) is 81.8 cm³/mol. The lowest BCUT2D eigenvalue weighted by Crippen LogP contribution is -2.38. The molecule has 0 spiro atoms. The number of rotatable bonds is 6. The van der Waals surface area contributed by atoms with Gasteiger partial charge >= 0.3 is 0 Å². The maximum Gasteiger partial charge on any atom is 0.243 e. The van der Waals surface area contributed by atoms with E-state index in [0.29, 0.717) is 17.9 Å². The average Bonchev–Trinajstić information content (AvgIpc) is 2.27. The highest BCUT2D eigenvalue weighted by Crippen LogP contribution is 2.21. The first kappa shape index (κ1) is 16.1. The molecule has 0 heterocycles. The third-order valence-corrected chi connectivity index (χ3v) is 4.89. The van der Waals surface area contributed by atoms with Gasteiger partial charge in [-0.3, -0.25) is 0 Å². The van der Waals surface area contributed by atoms with Crippen LogP contribution in [-0.2, 0) is 10.0 Å². The van der Waals surface area contributed by atoms with E-state index in [2.05, 4.69) is 0 Å². The topological polar surface area (TPSA) is 63.4 Å². The minimum Gasteiger partial charge on any atom is -0.392 e. The van der Waals surface area contributed by atoms with Crippen molar-refractivity contribution in [2.45, 2.75) is 32.1 Å². The molecule has 19 heavy (non-hydrogen) atoms. The van der Waals surface area contributed by atoms with Gasteiger partial charge in [-0.15, -0.1) is 0 Å². The van der Waals surface area contributed by atoms with Gasteiger partial charge in [0, 0.05) is 6.54 Å². The van der Waals surface area contributed by atoms with Crippen LogP contribution >= 0.6 is 12.2 Å². The van der Waals surface area contributed by atoms with Crippen molar-refractivity contribution in [3.63, 3.8) is 0 Å². The average molecular weight is 300 g/mol. The standard InChI is InChI=1S/C13H20N2O2S2/c1-4-7-15(9-13(14)18)19(16,17)12-6-5-10(2)8-11(12)3/h5-6,8H,4,7,9H2,1-3H3,(H2,14,18). The van der Waals surface area contributed by atoms with E-state index < -0.39 is 10.0 Å². The molecule has 0 aromatic heterocycles. The number of hydrogen-bond acceptors (Lipinski definition) is 3. The molecule has 0 unspecified atom stereocenters. The molecule has 1 aromatic rings. The number of nitrogens with zero attached hydrogens (tertiary/aromatic N) is 1. The molecule has 1 aromatic carbocycles. The quantitative estimate of drug-likeness (QED) is 0.816. The van der Waals surface area contributed by atoms with Crippen LogP contribution in [0.15, 0.2) is 23.1 Å². The zero-order valence-corrected chi connectivity index (χ0v) is 13.1. The van der Waals surface area contributed by atoms with Crippen LogP contribution in [0.2, 0.25) is 0 Å². The lowest BCUT2D eigenvalue weighted by molar-refractivity contribution is 0.449. The van der Waals surface area contributed by atoms with Gasteiger partial charge < -0.3 is 5.73 Å². The summed E-state index contributed by atoms with van der Waals surface area (Å²) in [6.07, 6.45) is 0.715. The fourth-order valence-electron chi connectivity index (χ4n) is 1.94. The van der Waals surface area contributed by atoms with E-state index in [-0.39, 0.29) is 11.5 Å². The van der Waals surface area contributed by atoms with Crippen molar-refractivity contribution >= 4 is 27.2 Å². The van der Waals surface area contributed by atoms with Crippen LogP contribution in [0.5, 0.6) is 0 Å². The molecule has 6 heteroatoms. The summed E-state index contributed by atoms with van der Waals surface area (Å²) in [5, 5.41) is 0. The minimum atomic E-state index is -3.54. The summed E-state index contributed by atoms with van der Waals surface area (Å²) in [6.45, 7) is 6.14. The summed E-state index contributed by atoms with van der Waals surface area (Å²) in [4.78, 5) is 0.504. The van der Waals surface area contributed by atoms with E-state index in [4.69, 9.17) is 18.0 Å². The lowest BCUT2D eigenvalue weighted by Gasteiger charge is -2.22. The third-order valence-electron chi connectivity index (χ3n) is 2.75. The summed E-state index contributed by atoms with van der Waals surface area (Å²) >= 11 is 4.83. The van der Waals surface area contributed by atoms with Gasteiger partial charge in [0.1, 0.15) is 0 Å². The second-order valence-electron chi connectivity index (χ2n) is 4.57. The van der Waals surface area contributed by atoms with Crippen LogP contribution in [0, 0.1) is 13.8 Å². The normalized spacial score (nSPS) is 11.8. The number of sulfonamides is 1. The van der Waals surface area contributed by atoms with Gasteiger partial charge in [-0.1, -0.05) is 36.8 Å². The van der Waals surface area contributed by atoms with Gasteiger partial charge in [-0.05, 0) is 31.9 Å². The number of hydrogen-bond donors (Lipinski definition) is 1. The van der Waals surface area contributed by atoms with Crippen molar-refractivity contribution in [3.8, 4) is 0 Å². The fraction of sp³-hybridized carbons (Fsp3) is 0.462. The summed E-state index contributed by atoms with van der Waals surface area (Å²) < 4.78 is 26.5. The van der Waals surface area contributed by atoms with Crippen LogP contribution in [0.25, 0.3) is 0 Å². The molecule has 0 saturated carbocycles. The smallest absolute Gasteiger partial charge is 0.243 e. The minimum absolute atomic E-state index is 0.0822. The molecule has 0 radical (unpaired) electrons. The summed E-state index contributed by atoms with van der Waals surface area (Å²) in [6, 6.07) is 5.30. The molecule has 0 bridgehead atoms. The Balaban J connectivity index is 3.22. The van der Waals surface area contributed by atoms with Crippen molar-refractivity contribution in [2.75, 3.05) is 13.1 Å². The third kappa shape index (κ3) is 3.99. The zero-order chi connectivity index (χ0) is 14.6. The maximum absolute atomic E-state index is 12.6. The molecule has 0 saturated heterocycles. The van der Waals surface area contributed by atoms with Gasteiger partial charge in [-0.25, -0.2) is 8.42 Å². The van der Waals surface area contributed by atoms with Crippen LogP contribution in [-0.4, -0.2) is 30.8 Å². The first-order chi connectivity index (χ1) is 8.78. The molecule has 0 atom stereocenters. The van der Waals surface area contributed by atoms with Crippen molar-refractivity contribution in [2.24, 2.45) is 5.73 Å². The largest absolute Gasteiger partial charge is 0.392 e. The van der Waals surface area contributed by atoms with E-state index in [0.717, 1.165) is 11.1 Å².